The van der Waals surface area contributed by atoms with Crippen LogP contribution in [0.4, 0.5) is 13.2 Å². The molecule has 1 heterocycles. The number of Topliss-reactive ketones (excluding diaryl/α,β-unsaturated/α-hetero) is 1. The number of rotatable bonds is 5. The Morgan fingerprint density at radius 2 is 1.85 bits per heavy atom. The summed E-state index contributed by atoms with van der Waals surface area (Å²) in [6.45, 7) is -0.850. The fraction of sp³-hybridized carbons (Fsp3) is 0.846. The quantitative estimate of drug-likeness (QED) is 0.725. The fourth-order valence-corrected chi connectivity index (χ4v) is 2.43. The number of ether oxygens (including phenoxy) is 1. The summed E-state index contributed by atoms with van der Waals surface area (Å²) < 4.78 is 41.9. The number of piperidine rings is 1. The molecule has 0 bridgehead atoms. The number of likely N-dealkylation sites (tertiary alicyclic amines) is 1. The molecular formula is C13H18F3NO3. The highest BCUT2D eigenvalue weighted by Crippen LogP contribution is 2.30. The van der Waals surface area contributed by atoms with Crippen LogP contribution in [0.25, 0.3) is 0 Å². The third kappa shape index (κ3) is 4.77. The standard InChI is InChI=1S/C13H18F3NO3/c14-13(15,16)8-17-5-1-2-10(6-17)12(19)20-7-11(18)9-3-4-9/h9-10H,1-8H2. The molecule has 7 heteroatoms. The van der Waals surface area contributed by atoms with Crippen molar-refractivity contribution in [2.45, 2.75) is 31.9 Å². The average molecular weight is 293 g/mol. The molecule has 0 N–H and O–H groups in total. The van der Waals surface area contributed by atoms with Crippen LogP contribution in [0.15, 0.2) is 0 Å². The van der Waals surface area contributed by atoms with E-state index in [1.54, 1.807) is 0 Å². The van der Waals surface area contributed by atoms with Gasteiger partial charge in [0.25, 0.3) is 0 Å². The van der Waals surface area contributed by atoms with Crippen LogP contribution >= 0.6 is 0 Å². The summed E-state index contributed by atoms with van der Waals surface area (Å²) >= 11 is 0. The van der Waals surface area contributed by atoms with Gasteiger partial charge in [0.2, 0.25) is 0 Å². The zero-order chi connectivity index (χ0) is 14.8. The molecule has 0 spiro atoms. The van der Waals surface area contributed by atoms with Gasteiger partial charge in [-0.2, -0.15) is 13.2 Å². The maximum absolute atomic E-state index is 12.3. The van der Waals surface area contributed by atoms with Gasteiger partial charge in [-0.1, -0.05) is 0 Å². The molecule has 1 unspecified atom stereocenters. The van der Waals surface area contributed by atoms with E-state index in [1.807, 2.05) is 0 Å². The number of carbonyl (C=O) groups is 2. The fourth-order valence-electron chi connectivity index (χ4n) is 2.43. The minimum atomic E-state index is -4.26. The van der Waals surface area contributed by atoms with Crippen molar-refractivity contribution in [3.05, 3.63) is 0 Å². The largest absolute Gasteiger partial charge is 0.457 e. The Morgan fingerprint density at radius 3 is 2.45 bits per heavy atom. The van der Waals surface area contributed by atoms with Gasteiger partial charge in [-0.25, -0.2) is 0 Å². The predicted molar refractivity (Wildman–Crippen MR) is 63.9 cm³/mol. The van der Waals surface area contributed by atoms with E-state index in [4.69, 9.17) is 4.74 Å². The minimum Gasteiger partial charge on any atom is -0.457 e. The highest BCUT2D eigenvalue weighted by molar-refractivity contribution is 5.86. The summed E-state index contributed by atoms with van der Waals surface area (Å²) in [7, 11) is 0. The second kappa shape index (κ2) is 6.11. The third-order valence-corrected chi connectivity index (χ3v) is 3.63. The number of halogens is 3. The third-order valence-electron chi connectivity index (χ3n) is 3.63. The first-order valence-corrected chi connectivity index (χ1v) is 6.83. The first kappa shape index (κ1) is 15.3. The van der Waals surface area contributed by atoms with Crippen molar-refractivity contribution in [1.82, 2.24) is 4.90 Å². The normalized spacial score (nSPS) is 24.4. The van der Waals surface area contributed by atoms with E-state index in [1.165, 1.54) is 4.90 Å². The van der Waals surface area contributed by atoms with Gasteiger partial charge < -0.3 is 4.74 Å². The second-order valence-electron chi connectivity index (χ2n) is 5.54. The van der Waals surface area contributed by atoms with Crippen LogP contribution in [-0.4, -0.2) is 49.1 Å². The Bertz CT molecular complexity index is 380. The molecular weight excluding hydrogens is 275 g/mol. The van der Waals surface area contributed by atoms with Crippen LogP contribution in [0.5, 0.6) is 0 Å². The van der Waals surface area contributed by atoms with Crippen LogP contribution in [-0.2, 0) is 14.3 Å². The van der Waals surface area contributed by atoms with Gasteiger partial charge in [-0.3, -0.25) is 14.5 Å². The molecule has 1 aliphatic carbocycles. The Balaban J connectivity index is 1.75. The number of hydrogen-bond donors (Lipinski definition) is 0. The summed E-state index contributed by atoms with van der Waals surface area (Å²) in [5.74, 6) is -1.17. The summed E-state index contributed by atoms with van der Waals surface area (Å²) in [6, 6.07) is 0. The number of esters is 1. The second-order valence-corrected chi connectivity index (χ2v) is 5.54. The highest BCUT2D eigenvalue weighted by atomic mass is 19.4. The molecule has 0 aromatic heterocycles. The lowest BCUT2D eigenvalue weighted by molar-refractivity contribution is -0.161. The molecule has 2 fully saturated rings. The Morgan fingerprint density at radius 1 is 1.15 bits per heavy atom. The minimum absolute atomic E-state index is 0.0240. The predicted octanol–water partition coefficient (Wildman–Crippen LogP) is 1.78. The van der Waals surface area contributed by atoms with E-state index in [-0.39, 0.29) is 24.9 Å². The molecule has 1 saturated carbocycles. The van der Waals surface area contributed by atoms with Gasteiger partial charge in [-0.05, 0) is 32.2 Å². The average Bonchev–Trinajstić information content (AvgIpc) is 3.18. The number of ketones is 1. The zero-order valence-corrected chi connectivity index (χ0v) is 11.1. The molecule has 1 saturated heterocycles. The first-order valence-electron chi connectivity index (χ1n) is 6.83. The van der Waals surface area contributed by atoms with E-state index < -0.39 is 24.6 Å². The van der Waals surface area contributed by atoms with Gasteiger partial charge in [0.1, 0.15) is 6.61 Å². The smallest absolute Gasteiger partial charge is 0.401 e. The van der Waals surface area contributed by atoms with Gasteiger partial charge in [0, 0.05) is 12.5 Å². The molecule has 2 rings (SSSR count). The van der Waals surface area contributed by atoms with Gasteiger partial charge in [0.05, 0.1) is 12.5 Å². The number of hydrogen-bond acceptors (Lipinski definition) is 4. The van der Waals surface area contributed by atoms with Crippen LogP contribution < -0.4 is 0 Å². The van der Waals surface area contributed by atoms with Gasteiger partial charge >= 0.3 is 12.1 Å². The van der Waals surface area contributed by atoms with Crippen molar-refractivity contribution in [2.75, 3.05) is 26.2 Å². The first-order chi connectivity index (χ1) is 9.35. The number of alkyl halides is 3. The molecule has 0 amide bonds. The van der Waals surface area contributed by atoms with Crippen LogP contribution in [0, 0.1) is 11.8 Å². The van der Waals surface area contributed by atoms with E-state index >= 15 is 0 Å². The summed E-state index contributed by atoms with van der Waals surface area (Å²) in [6.07, 6.45) is -1.51. The summed E-state index contributed by atoms with van der Waals surface area (Å²) in [5.41, 5.74) is 0. The molecule has 0 aromatic rings. The van der Waals surface area contributed by atoms with E-state index in [9.17, 15) is 22.8 Å². The topological polar surface area (TPSA) is 46.6 Å². The lowest BCUT2D eigenvalue weighted by Crippen LogP contribution is -2.43. The van der Waals surface area contributed by atoms with Crippen molar-refractivity contribution in [3.63, 3.8) is 0 Å². The maximum atomic E-state index is 12.3. The van der Waals surface area contributed by atoms with Gasteiger partial charge in [-0.15, -0.1) is 0 Å². The summed E-state index contributed by atoms with van der Waals surface area (Å²) in [5, 5.41) is 0. The van der Waals surface area contributed by atoms with Crippen LogP contribution in [0.1, 0.15) is 25.7 Å². The lowest BCUT2D eigenvalue weighted by atomic mass is 9.98. The van der Waals surface area contributed by atoms with Gasteiger partial charge in [0.15, 0.2) is 5.78 Å². The molecule has 2 aliphatic rings. The van der Waals surface area contributed by atoms with Crippen molar-refractivity contribution in [1.29, 1.82) is 0 Å². The lowest BCUT2D eigenvalue weighted by Gasteiger charge is -2.31. The molecule has 1 atom stereocenters. The number of carbonyl (C=O) groups excluding carboxylic acids is 2. The molecule has 114 valence electrons. The van der Waals surface area contributed by atoms with Crippen molar-refractivity contribution >= 4 is 11.8 Å². The van der Waals surface area contributed by atoms with Crippen LogP contribution in [0.3, 0.4) is 0 Å². The molecule has 4 nitrogen and oxygen atoms in total. The SMILES string of the molecule is O=C(COC(=O)C1CCCN(CC(F)(F)F)C1)C1CC1. The summed E-state index contributed by atoms with van der Waals surface area (Å²) in [4.78, 5) is 24.4. The van der Waals surface area contributed by atoms with Crippen molar-refractivity contribution < 1.29 is 27.5 Å². The highest BCUT2D eigenvalue weighted by Gasteiger charge is 2.36. The van der Waals surface area contributed by atoms with E-state index in [0.29, 0.717) is 19.4 Å². The Labute approximate surface area is 115 Å². The number of nitrogens with zero attached hydrogens (tertiary/aromatic N) is 1. The molecule has 1 aliphatic heterocycles. The zero-order valence-electron chi connectivity index (χ0n) is 11.1. The van der Waals surface area contributed by atoms with Crippen LogP contribution in [0.2, 0.25) is 0 Å². The Kier molecular flexibility index (Phi) is 4.67. The molecule has 20 heavy (non-hydrogen) atoms. The molecule has 0 radical (unpaired) electrons. The van der Waals surface area contributed by atoms with Crippen molar-refractivity contribution in [3.8, 4) is 0 Å². The Hall–Kier alpha value is -1.11. The molecule has 0 aromatic carbocycles. The van der Waals surface area contributed by atoms with E-state index in [2.05, 4.69) is 0 Å². The monoisotopic (exact) mass is 293 g/mol. The van der Waals surface area contributed by atoms with Crippen molar-refractivity contribution in [2.24, 2.45) is 11.8 Å². The maximum Gasteiger partial charge on any atom is 0.401 e. The van der Waals surface area contributed by atoms with E-state index in [0.717, 1.165) is 12.8 Å².